The molecule has 10 nitrogen and oxygen atoms in total. The van der Waals surface area contributed by atoms with E-state index in [-0.39, 0.29) is 5.56 Å². The Balaban J connectivity index is 1.18. The summed E-state index contributed by atoms with van der Waals surface area (Å²) >= 11 is 0. The number of likely N-dealkylation sites (N-methyl/N-ethyl adjacent to an activating group) is 1. The van der Waals surface area contributed by atoms with Gasteiger partial charge >= 0.3 is 0 Å². The van der Waals surface area contributed by atoms with Gasteiger partial charge in [0.25, 0.3) is 5.56 Å². The van der Waals surface area contributed by atoms with Crippen molar-refractivity contribution < 1.29 is 0 Å². The van der Waals surface area contributed by atoms with Crippen molar-refractivity contribution >= 4 is 5.82 Å². The number of piperazine rings is 1. The van der Waals surface area contributed by atoms with Gasteiger partial charge in [-0.1, -0.05) is 0 Å². The fourth-order valence-corrected chi connectivity index (χ4v) is 4.17. The molecule has 3 aromatic heterocycles. The molecule has 5 rings (SSSR count). The van der Waals surface area contributed by atoms with Gasteiger partial charge in [-0.05, 0) is 30.8 Å². The molecule has 162 valence electrons. The van der Waals surface area contributed by atoms with E-state index in [4.69, 9.17) is 0 Å². The highest BCUT2D eigenvalue weighted by Crippen LogP contribution is 2.21. The minimum Gasteiger partial charge on any atom is -0.353 e. The maximum absolute atomic E-state index is 12.2. The summed E-state index contributed by atoms with van der Waals surface area (Å²) in [6.45, 7) is 6.97. The topological polar surface area (TPSA) is 88.2 Å². The molecular formula is C21H27N9O. The van der Waals surface area contributed by atoms with Crippen molar-refractivity contribution in [3.63, 3.8) is 0 Å². The Morgan fingerprint density at radius 1 is 1.00 bits per heavy atom. The van der Waals surface area contributed by atoms with E-state index in [1.807, 2.05) is 12.3 Å². The third-order valence-corrected chi connectivity index (χ3v) is 6.03. The summed E-state index contributed by atoms with van der Waals surface area (Å²) in [4.78, 5) is 19.2. The van der Waals surface area contributed by atoms with E-state index in [0.29, 0.717) is 12.4 Å². The van der Waals surface area contributed by atoms with E-state index < -0.39 is 0 Å². The number of hydrogen-bond acceptors (Lipinski definition) is 8. The number of hydrogen-bond donors (Lipinski definition) is 0. The van der Waals surface area contributed by atoms with Gasteiger partial charge < -0.3 is 9.80 Å². The lowest BCUT2D eigenvalue weighted by molar-refractivity contribution is 0.242. The van der Waals surface area contributed by atoms with Crippen LogP contribution in [0.1, 0.15) is 11.3 Å². The quantitative estimate of drug-likeness (QED) is 0.570. The van der Waals surface area contributed by atoms with Crippen LogP contribution in [-0.2, 0) is 19.5 Å². The highest BCUT2D eigenvalue weighted by atomic mass is 16.1. The summed E-state index contributed by atoms with van der Waals surface area (Å²) in [5, 5.41) is 17.6. The highest BCUT2D eigenvalue weighted by Gasteiger charge is 2.21. The zero-order valence-corrected chi connectivity index (χ0v) is 17.8. The molecule has 0 amide bonds. The van der Waals surface area contributed by atoms with Crippen LogP contribution >= 0.6 is 0 Å². The second-order valence-corrected chi connectivity index (χ2v) is 8.19. The van der Waals surface area contributed by atoms with E-state index in [1.165, 1.54) is 10.2 Å². The molecule has 0 saturated carbocycles. The van der Waals surface area contributed by atoms with Crippen LogP contribution in [0.2, 0.25) is 0 Å². The first kappa shape index (κ1) is 19.8. The zero-order chi connectivity index (χ0) is 21.2. The van der Waals surface area contributed by atoms with Crippen LogP contribution in [0.3, 0.4) is 0 Å². The van der Waals surface area contributed by atoms with E-state index in [2.05, 4.69) is 48.2 Å². The molecule has 1 fully saturated rings. The average Bonchev–Trinajstić information content (AvgIpc) is 3.33. The molecular weight excluding hydrogens is 394 g/mol. The standard InChI is InChI=1S/C21H27N9O/c1-26-8-5-18-17(16-26)15-20(24-23-18)28-12-9-27(10-13-28)11-14-30-21(31)4-3-19(25-30)29-7-2-6-22-29/h2-4,6-7,15H,5,8-14,16H2,1H3. The van der Waals surface area contributed by atoms with Crippen molar-refractivity contribution in [1.29, 1.82) is 0 Å². The first-order valence-corrected chi connectivity index (χ1v) is 10.8. The molecule has 1 saturated heterocycles. The molecule has 31 heavy (non-hydrogen) atoms. The normalized spacial score (nSPS) is 17.6. The van der Waals surface area contributed by atoms with E-state index in [9.17, 15) is 4.79 Å². The fourth-order valence-electron chi connectivity index (χ4n) is 4.17. The van der Waals surface area contributed by atoms with Crippen molar-refractivity contribution in [2.24, 2.45) is 0 Å². The molecule has 0 N–H and O–H groups in total. The largest absolute Gasteiger partial charge is 0.353 e. The Morgan fingerprint density at radius 2 is 1.87 bits per heavy atom. The van der Waals surface area contributed by atoms with Crippen molar-refractivity contribution in [1.82, 2.24) is 39.6 Å². The number of rotatable bonds is 5. The van der Waals surface area contributed by atoms with Gasteiger partial charge in [-0.25, -0.2) is 9.36 Å². The van der Waals surface area contributed by atoms with Gasteiger partial charge in [0, 0.05) is 70.7 Å². The second-order valence-electron chi connectivity index (χ2n) is 8.19. The van der Waals surface area contributed by atoms with E-state index in [1.54, 1.807) is 23.0 Å². The van der Waals surface area contributed by atoms with Crippen molar-refractivity contribution in [3.8, 4) is 5.82 Å². The van der Waals surface area contributed by atoms with Crippen LogP contribution in [0.5, 0.6) is 0 Å². The molecule has 2 aliphatic rings. The third-order valence-electron chi connectivity index (χ3n) is 6.03. The van der Waals surface area contributed by atoms with Gasteiger partial charge in [0.1, 0.15) is 0 Å². The molecule has 0 unspecified atom stereocenters. The lowest BCUT2D eigenvalue weighted by Gasteiger charge is -2.35. The van der Waals surface area contributed by atoms with Crippen molar-refractivity contribution in [2.75, 3.05) is 51.2 Å². The van der Waals surface area contributed by atoms with Crippen LogP contribution < -0.4 is 10.5 Å². The SMILES string of the molecule is CN1CCc2nnc(N3CCN(CCn4nc(-n5cccn5)ccc4=O)CC3)cc2C1. The first-order valence-electron chi connectivity index (χ1n) is 10.8. The molecule has 0 atom stereocenters. The van der Waals surface area contributed by atoms with Gasteiger partial charge in [0.05, 0.1) is 12.2 Å². The highest BCUT2D eigenvalue weighted by molar-refractivity contribution is 5.42. The predicted octanol–water partition coefficient (Wildman–Crippen LogP) is 0.0291. The molecule has 2 aliphatic heterocycles. The van der Waals surface area contributed by atoms with Gasteiger partial charge in [0.15, 0.2) is 11.6 Å². The summed E-state index contributed by atoms with van der Waals surface area (Å²) in [7, 11) is 2.15. The molecule has 10 heteroatoms. The summed E-state index contributed by atoms with van der Waals surface area (Å²) in [6, 6.07) is 7.29. The summed E-state index contributed by atoms with van der Waals surface area (Å²) in [5.41, 5.74) is 2.34. The molecule has 0 spiro atoms. The Labute approximate surface area is 180 Å². The minimum absolute atomic E-state index is 0.0937. The summed E-state index contributed by atoms with van der Waals surface area (Å²) in [6.07, 6.45) is 4.49. The minimum atomic E-state index is -0.0937. The third kappa shape index (κ3) is 4.35. The monoisotopic (exact) mass is 421 g/mol. The first-order chi connectivity index (χ1) is 15.2. The van der Waals surface area contributed by atoms with Crippen LogP contribution in [0.4, 0.5) is 5.82 Å². The maximum Gasteiger partial charge on any atom is 0.266 e. The van der Waals surface area contributed by atoms with Crippen LogP contribution in [0.25, 0.3) is 5.82 Å². The summed E-state index contributed by atoms with van der Waals surface area (Å²) < 4.78 is 3.18. The maximum atomic E-state index is 12.2. The molecule has 5 heterocycles. The predicted molar refractivity (Wildman–Crippen MR) is 116 cm³/mol. The van der Waals surface area contributed by atoms with E-state index >= 15 is 0 Å². The zero-order valence-electron chi connectivity index (χ0n) is 17.8. The van der Waals surface area contributed by atoms with Gasteiger partial charge in [-0.15, -0.1) is 10.2 Å². The summed E-state index contributed by atoms with van der Waals surface area (Å²) in [5.74, 6) is 1.62. The van der Waals surface area contributed by atoms with E-state index in [0.717, 1.165) is 63.7 Å². The molecule has 0 aliphatic carbocycles. The van der Waals surface area contributed by atoms with Crippen LogP contribution in [-0.4, -0.2) is 85.9 Å². The molecule has 0 bridgehead atoms. The number of anilines is 1. The molecule has 3 aromatic rings. The van der Waals surface area contributed by atoms with Gasteiger partial charge in [0.2, 0.25) is 0 Å². The average molecular weight is 422 g/mol. The Hall–Kier alpha value is -3.11. The lowest BCUT2D eigenvalue weighted by atomic mass is 10.1. The number of aromatic nitrogens is 6. The van der Waals surface area contributed by atoms with Crippen LogP contribution in [0, 0.1) is 0 Å². The van der Waals surface area contributed by atoms with Crippen molar-refractivity contribution in [2.45, 2.75) is 19.5 Å². The van der Waals surface area contributed by atoms with Gasteiger partial charge in [-0.2, -0.15) is 10.2 Å². The Bertz CT molecular complexity index is 1090. The Kier molecular flexibility index (Phi) is 5.47. The molecule has 0 aromatic carbocycles. The second kappa shape index (κ2) is 8.56. The number of nitrogens with zero attached hydrogens (tertiary/aromatic N) is 9. The number of fused-ring (bicyclic) bond motifs is 1. The fraction of sp³-hybridized carbons (Fsp3) is 0.476. The Morgan fingerprint density at radius 3 is 2.68 bits per heavy atom. The molecule has 0 radical (unpaired) electrons. The lowest BCUT2D eigenvalue weighted by Crippen LogP contribution is -2.48. The van der Waals surface area contributed by atoms with Gasteiger partial charge in [-0.3, -0.25) is 9.69 Å². The van der Waals surface area contributed by atoms with Crippen molar-refractivity contribution in [3.05, 3.63) is 58.3 Å². The van der Waals surface area contributed by atoms with Crippen LogP contribution in [0.15, 0.2) is 41.5 Å². The smallest absolute Gasteiger partial charge is 0.266 e.